The molecule has 1 fully saturated rings. The fourth-order valence-corrected chi connectivity index (χ4v) is 1.79. The zero-order valence-corrected chi connectivity index (χ0v) is 11.0. The summed E-state index contributed by atoms with van der Waals surface area (Å²) in [5, 5.41) is 2.37. The number of nitroso groups, excluding NO2 is 1. The number of carbonyl (C=O) groups excluding carboxylic acids is 2. The van der Waals surface area contributed by atoms with Crippen LogP contribution >= 0.6 is 0 Å². The first-order valence-corrected chi connectivity index (χ1v) is 5.68. The molecule has 0 aromatic carbocycles. The van der Waals surface area contributed by atoms with E-state index < -0.39 is 23.6 Å². The summed E-state index contributed by atoms with van der Waals surface area (Å²) in [6.45, 7) is 5.40. The van der Waals surface area contributed by atoms with Gasteiger partial charge in [-0.3, -0.25) is 9.69 Å². The topological polar surface area (TPSA) is 85.3 Å². The van der Waals surface area contributed by atoms with Gasteiger partial charge in [-0.2, -0.15) is 0 Å². The second kappa shape index (κ2) is 5.43. The molecule has 0 aromatic heterocycles. The second-order valence-corrected chi connectivity index (χ2v) is 5.17. The Labute approximate surface area is 105 Å². The smallest absolute Gasteiger partial charge is 0.411 e. The summed E-state index contributed by atoms with van der Waals surface area (Å²) in [6, 6.07) is -0.887. The fraction of sp³-hybridized carbons (Fsp3) is 0.818. The van der Waals surface area contributed by atoms with Gasteiger partial charge in [0.05, 0.1) is 12.6 Å². The maximum atomic E-state index is 11.9. The molecule has 0 radical (unpaired) electrons. The predicted molar refractivity (Wildman–Crippen MR) is 62.9 cm³/mol. The van der Waals surface area contributed by atoms with Crippen LogP contribution in [0.25, 0.3) is 0 Å². The minimum Gasteiger partial charge on any atom is -0.444 e. The number of carbonyl (C=O) groups is 2. The van der Waals surface area contributed by atoms with Crippen LogP contribution in [0.5, 0.6) is 0 Å². The molecule has 0 unspecified atom stereocenters. The number of likely N-dealkylation sites (tertiary alicyclic amines) is 1. The monoisotopic (exact) mass is 258 g/mol. The van der Waals surface area contributed by atoms with Gasteiger partial charge in [0.1, 0.15) is 11.6 Å². The predicted octanol–water partition coefficient (Wildman–Crippen LogP) is 1.30. The maximum absolute atomic E-state index is 11.9. The van der Waals surface area contributed by atoms with Gasteiger partial charge in [0.25, 0.3) is 0 Å². The fourth-order valence-electron chi connectivity index (χ4n) is 1.79. The minimum absolute atomic E-state index is 0.220. The summed E-state index contributed by atoms with van der Waals surface area (Å²) in [6.07, 6.45) is -0.655. The van der Waals surface area contributed by atoms with Crippen LogP contribution in [0.4, 0.5) is 4.79 Å². The van der Waals surface area contributed by atoms with Gasteiger partial charge in [-0.15, -0.1) is 4.91 Å². The third kappa shape index (κ3) is 3.49. The first-order chi connectivity index (χ1) is 8.28. The van der Waals surface area contributed by atoms with Crippen molar-refractivity contribution in [2.45, 2.75) is 44.9 Å². The van der Waals surface area contributed by atoms with Gasteiger partial charge in [0.15, 0.2) is 0 Å². The SMILES string of the molecule is CO[C@H]1C[C@@H](C(=O)N=O)N(C(=O)OC(C)(C)C)C1. The molecule has 0 spiro atoms. The van der Waals surface area contributed by atoms with Crippen molar-refractivity contribution in [2.75, 3.05) is 13.7 Å². The highest BCUT2D eigenvalue weighted by Gasteiger charge is 2.42. The third-order valence-corrected chi connectivity index (χ3v) is 2.60. The van der Waals surface area contributed by atoms with Crippen LogP contribution in [-0.4, -0.2) is 48.3 Å². The molecule has 0 saturated carbocycles. The van der Waals surface area contributed by atoms with Crippen LogP contribution in [0, 0.1) is 4.91 Å². The quantitative estimate of drug-likeness (QED) is 0.697. The molecular formula is C11H18N2O5. The van der Waals surface area contributed by atoms with Gasteiger partial charge in [-0.25, -0.2) is 4.79 Å². The summed E-state index contributed by atoms with van der Waals surface area (Å²) >= 11 is 0. The third-order valence-electron chi connectivity index (χ3n) is 2.60. The lowest BCUT2D eigenvalue weighted by Crippen LogP contribution is -2.43. The van der Waals surface area contributed by atoms with Crippen LogP contribution in [-0.2, 0) is 14.3 Å². The Balaban J connectivity index is 2.80. The Hall–Kier alpha value is -1.50. The van der Waals surface area contributed by atoms with E-state index in [-0.39, 0.29) is 19.1 Å². The van der Waals surface area contributed by atoms with Gasteiger partial charge in [0.2, 0.25) is 0 Å². The molecule has 1 aliphatic heterocycles. The molecule has 1 saturated heterocycles. The molecule has 2 atom stereocenters. The Kier molecular flexibility index (Phi) is 4.39. The van der Waals surface area contributed by atoms with Crippen molar-refractivity contribution in [3.05, 3.63) is 4.91 Å². The van der Waals surface area contributed by atoms with Crippen molar-refractivity contribution in [1.82, 2.24) is 4.90 Å². The van der Waals surface area contributed by atoms with Crippen molar-refractivity contribution in [3.8, 4) is 0 Å². The number of methoxy groups -OCH3 is 1. The van der Waals surface area contributed by atoms with Crippen LogP contribution in [0.3, 0.4) is 0 Å². The number of amides is 2. The van der Waals surface area contributed by atoms with E-state index in [4.69, 9.17) is 9.47 Å². The molecular weight excluding hydrogens is 240 g/mol. The van der Waals surface area contributed by atoms with E-state index in [1.807, 2.05) is 0 Å². The van der Waals surface area contributed by atoms with Crippen molar-refractivity contribution >= 4 is 12.0 Å². The molecule has 7 nitrogen and oxygen atoms in total. The molecule has 7 heteroatoms. The van der Waals surface area contributed by atoms with E-state index in [9.17, 15) is 14.5 Å². The lowest BCUT2D eigenvalue weighted by Gasteiger charge is -2.26. The molecule has 0 bridgehead atoms. The molecule has 2 amide bonds. The first kappa shape index (κ1) is 14.6. The van der Waals surface area contributed by atoms with E-state index in [2.05, 4.69) is 5.18 Å². The molecule has 1 heterocycles. The van der Waals surface area contributed by atoms with Crippen molar-refractivity contribution in [1.29, 1.82) is 0 Å². The minimum atomic E-state index is -0.887. The van der Waals surface area contributed by atoms with Crippen LogP contribution in [0.2, 0.25) is 0 Å². The Morgan fingerprint density at radius 3 is 2.39 bits per heavy atom. The maximum Gasteiger partial charge on any atom is 0.411 e. The van der Waals surface area contributed by atoms with Crippen molar-refractivity contribution in [2.24, 2.45) is 5.18 Å². The first-order valence-electron chi connectivity index (χ1n) is 5.68. The van der Waals surface area contributed by atoms with E-state index in [1.165, 1.54) is 12.0 Å². The molecule has 0 aliphatic carbocycles. The highest BCUT2D eigenvalue weighted by molar-refractivity contribution is 5.86. The van der Waals surface area contributed by atoms with Gasteiger partial charge >= 0.3 is 12.0 Å². The van der Waals surface area contributed by atoms with Crippen LogP contribution in [0.1, 0.15) is 27.2 Å². The van der Waals surface area contributed by atoms with E-state index >= 15 is 0 Å². The van der Waals surface area contributed by atoms with Gasteiger partial charge in [0, 0.05) is 18.7 Å². The average Bonchev–Trinajstić information content (AvgIpc) is 2.69. The lowest BCUT2D eigenvalue weighted by molar-refractivity contribution is -0.122. The Bertz CT molecular complexity index is 350. The largest absolute Gasteiger partial charge is 0.444 e. The lowest BCUT2D eigenvalue weighted by atomic mass is 10.2. The summed E-state index contributed by atoms with van der Waals surface area (Å²) in [7, 11) is 1.49. The number of rotatable bonds is 2. The second-order valence-electron chi connectivity index (χ2n) is 5.17. The van der Waals surface area contributed by atoms with Crippen molar-refractivity contribution < 1.29 is 19.1 Å². The van der Waals surface area contributed by atoms with E-state index in [1.54, 1.807) is 20.8 Å². The molecule has 1 rings (SSSR count). The number of hydrogen-bond donors (Lipinski definition) is 0. The number of nitrogens with zero attached hydrogens (tertiary/aromatic N) is 2. The molecule has 102 valence electrons. The van der Waals surface area contributed by atoms with E-state index in [0.29, 0.717) is 0 Å². The summed E-state index contributed by atoms with van der Waals surface area (Å²) < 4.78 is 10.3. The molecule has 0 aromatic rings. The van der Waals surface area contributed by atoms with Gasteiger partial charge in [-0.05, 0) is 20.8 Å². The number of hydrogen-bond acceptors (Lipinski definition) is 5. The zero-order chi connectivity index (χ0) is 13.9. The Morgan fingerprint density at radius 2 is 1.94 bits per heavy atom. The zero-order valence-electron chi connectivity index (χ0n) is 11.0. The van der Waals surface area contributed by atoms with Crippen LogP contribution < -0.4 is 0 Å². The van der Waals surface area contributed by atoms with E-state index in [0.717, 1.165) is 0 Å². The van der Waals surface area contributed by atoms with Gasteiger partial charge < -0.3 is 9.47 Å². The normalized spacial score (nSPS) is 23.9. The van der Waals surface area contributed by atoms with Crippen LogP contribution in [0.15, 0.2) is 5.18 Å². The van der Waals surface area contributed by atoms with Crippen molar-refractivity contribution in [3.63, 3.8) is 0 Å². The summed E-state index contributed by atoms with van der Waals surface area (Å²) in [5.41, 5.74) is -0.662. The van der Waals surface area contributed by atoms with Gasteiger partial charge in [-0.1, -0.05) is 0 Å². The summed E-state index contributed by atoms with van der Waals surface area (Å²) in [5.74, 6) is -0.875. The molecule has 1 aliphatic rings. The number of ether oxygens (including phenoxy) is 2. The standard InChI is InChI=1S/C11H18N2O5/c1-11(2,3)18-10(15)13-6-7(17-4)5-8(13)9(14)12-16/h7-8H,5-6H2,1-4H3/t7-,8-/m0/s1. The average molecular weight is 258 g/mol. The highest BCUT2D eigenvalue weighted by atomic mass is 16.6. The highest BCUT2D eigenvalue weighted by Crippen LogP contribution is 2.23. The Morgan fingerprint density at radius 1 is 1.33 bits per heavy atom. The molecule has 0 N–H and O–H groups in total. The summed E-state index contributed by atoms with van der Waals surface area (Å²) in [4.78, 5) is 34.8. The molecule has 18 heavy (non-hydrogen) atoms.